The molecule has 1 heterocycles. The van der Waals surface area contributed by atoms with Gasteiger partial charge < -0.3 is 5.32 Å². The lowest BCUT2D eigenvalue weighted by molar-refractivity contribution is 0.866. The van der Waals surface area contributed by atoms with E-state index in [4.69, 9.17) is 11.6 Å². The molecule has 0 amide bonds. The largest absolute Gasteiger partial charge is 0.380 e. The van der Waals surface area contributed by atoms with Crippen molar-refractivity contribution in [1.29, 1.82) is 0 Å². The van der Waals surface area contributed by atoms with E-state index in [0.717, 1.165) is 11.4 Å². The molecule has 2 aromatic rings. The fourth-order valence-electron chi connectivity index (χ4n) is 1.71. The Balaban J connectivity index is 2.08. The van der Waals surface area contributed by atoms with Gasteiger partial charge in [-0.3, -0.25) is 0 Å². The number of rotatable bonds is 4. The summed E-state index contributed by atoms with van der Waals surface area (Å²) < 4.78 is 0.596. The van der Waals surface area contributed by atoms with Crippen molar-refractivity contribution in [2.75, 3.05) is 5.32 Å². The summed E-state index contributed by atoms with van der Waals surface area (Å²) >= 11 is 7.32. The molecule has 4 heteroatoms. The quantitative estimate of drug-likeness (QED) is 0.879. The summed E-state index contributed by atoms with van der Waals surface area (Å²) in [6.07, 6.45) is 1.82. The number of thiazole rings is 1. The number of anilines is 1. The van der Waals surface area contributed by atoms with Gasteiger partial charge in [-0.05, 0) is 17.5 Å². The van der Waals surface area contributed by atoms with Crippen LogP contribution in [0.25, 0.3) is 0 Å². The number of nitrogens with one attached hydrogen (secondary N) is 1. The maximum atomic E-state index is 5.80. The highest BCUT2D eigenvalue weighted by molar-refractivity contribution is 7.15. The minimum atomic E-state index is 0.517. The fourth-order valence-corrected chi connectivity index (χ4v) is 2.63. The molecule has 17 heavy (non-hydrogen) atoms. The lowest BCUT2D eigenvalue weighted by Gasteiger charge is -2.13. The molecule has 0 radical (unpaired) electrons. The van der Waals surface area contributed by atoms with Crippen molar-refractivity contribution >= 4 is 28.6 Å². The Labute approximate surface area is 111 Å². The van der Waals surface area contributed by atoms with E-state index in [0.29, 0.717) is 10.4 Å². The smallest absolute Gasteiger partial charge is 0.183 e. The van der Waals surface area contributed by atoms with Gasteiger partial charge in [0.1, 0.15) is 0 Å². The predicted molar refractivity (Wildman–Crippen MR) is 75.0 cm³/mol. The number of hydrogen-bond donors (Lipinski definition) is 1. The van der Waals surface area contributed by atoms with Gasteiger partial charge in [0.05, 0.1) is 6.54 Å². The summed E-state index contributed by atoms with van der Waals surface area (Å²) in [5.74, 6) is 0.517. The highest BCUT2D eigenvalue weighted by atomic mass is 35.5. The molecule has 2 rings (SSSR count). The summed E-state index contributed by atoms with van der Waals surface area (Å²) in [4.78, 5) is 5.18. The van der Waals surface area contributed by atoms with Crippen LogP contribution in [-0.4, -0.2) is 4.98 Å². The molecule has 0 saturated carbocycles. The lowest BCUT2D eigenvalue weighted by Crippen LogP contribution is -2.02. The van der Waals surface area contributed by atoms with Gasteiger partial charge in [-0.25, -0.2) is 4.98 Å². The van der Waals surface area contributed by atoms with Crippen molar-refractivity contribution in [3.05, 3.63) is 45.4 Å². The molecule has 0 bridgehead atoms. The molecule has 0 aliphatic carbocycles. The molecule has 0 aliphatic rings. The van der Waals surface area contributed by atoms with Gasteiger partial charge >= 0.3 is 0 Å². The molecule has 1 aromatic carbocycles. The van der Waals surface area contributed by atoms with Crippen LogP contribution >= 0.6 is 22.9 Å². The highest BCUT2D eigenvalue weighted by Crippen LogP contribution is 2.25. The zero-order chi connectivity index (χ0) is 12.3. The second-order valence-electron chi connectivity index (χ2n) is 4.18. The average molecular weight is 267 g/mol. The Bertz CT molecular complexity index is 494. The fraction of sp³-hybridized carbons (Fsp3) is 0.308. The number of hydrogen-bond acceptors (Lipinski definition) is 3. The minimum absolute atomic E-state index is 0.517. The molecule has 2 nitrogen and oxygen atoms in total. The number of nitrogens with zero attached hydrogens (tertiary/aromatic N) is 1. The molecule has 1 N–H and O–H groups in total. The van der Waals surface area contributed by atoms with Gasteiger partial charge in [0.25, 0.3) is 0 Å². The molecular formula is C13H15ClN2S. The first kappa shape index (κ1) is 12.4. The molecule has 0 saturated heterocycles. The molecule has 0 aliphatic heterocycles. The van der Waals surface area contributed by atoms with Crippen molar-refractivity contribution < 1.29 is 0 Å². The van der Waals surface area contributed by atoms with Crippen LogP contribution in [0.4, 0.5) is 5.69 Å². The first-order valence-electron chi connectivity index (χ1n) is 5.60. The van der Waals surface area contributed by atoms with Gasteiger partial charge in [-0.15, -0.1) is 11.3 Å². The van der Waals surface area contributed by atoms with Crippen molar-refractivity contribution in [3.8, 4) is 0 Å². The van der Waals surface area contributed by atoms with Gasteiger partial charge in [-0.2, -0.15) is 0 Å². The average Bonchev–Trinajstić information content (AvgIpc) is 2.73. The first-order valence-corrected chi connectivity index (χ1v) is 6.79. The SMILES string of the molecule is CC(C)c1ccccc1NCc1cnc(Cl)s1. The third-order valence-electron chi connectivity index (χ3n) is 2.56. The van der Waals surface area contributed by atoms with Crippen LogP contribution in [0.15, 0.2) is 30.5 Å². The second-order valence-corrected chi connectivity index (χ2v) is 5.87. The third kappa shape index (κ3) is 3.20. The zero-order valence-corrected chi connectivity index (χ0v) is 11.5. The molecule has 0 atom stereocenters. The van der Waals surface area contributed by atoms with Crippen LogP contribution in [0.2, 0.25) is 4.47 Å². The minimum Gasteiger partial charge on any atom is -0.380 e. The third-order valence-corrected chi connectivity index (χ3v) is 3.68. The zero-order valence-electron chi connectivity index (χ0n) is 9.90. The van der Waals surface area contributed by atoms with Crippen LogP contribution in [0.3, 0.4) is 0 Å². The van der Waals surface area contributed by atoms with Crippen molar-refractivity contribution in [2.24, 2.45) is 0 Å². The Morgan fingerprint density at radius 3 is 2.76 bits per heavy atom. The van der Waals surface area contributed by atoms with Crippen LogP contribution in [0, 0.1) is 0 Å². The standard InChI is InChI=1S/C13H15ClN2S/c1-9(2)11-5-3-4-6-12(11)15-7-10-8-16-13(14)17-10/h3-6,8-9,15H,7H2,1-2H3. The topological polar surface area (TPSA) is 24.9 Å². The van der Waals surface area contributed by atoms with E-state index in [9.17, 15) is 0 Å². The van der Waals surface area contributed by atoms with Crippen molar-refractivity contribution in [3.63, 3.8) is 0 Å². The molecule has 0 spiro atoms. The van der Waals surface area contributed by atoms with E-state index in [2.05, 4.69) is 42.3 Å². The van der Waals surface area contributed by atoms with E-state index < -0.39 is 0 Å². The maximum Gasteiger partial charge on any atom is 0.183 e. The molecule has 90 valence electrons. The van der Waals surface area contributed by atoms with E-state index in [1.807, 2.05) is 12.3 Å². The van der Waals surface area contributed by atoms with E-state index >= 15 is 0 Å². The van der Waals surface area contributed by atoms with Gasteiger partial charge in [-0.1, -0.05) is 43.6 Å². The highest BCUT2D eigenvalue weighted by Gasteiger charge is 2.06. The second kappa shape index (κ2) is 5.52. The predicted octanol–water partition coefficient (Wildman–Crippen LogP) is 4.53. The van der Waals surface area contributed by atoms with Crippen LogP contribution in [0.5, 0.6) is 0 Å². The molecular weight excluding hydrogens is 252 g/mol. The van der Waals surface area contributed by atoms with E-state index in [-0.39, 0.29) is 0 Å². The Hall–Kier alpha value is -1.06. The van der Waals surface area contributed by atoms with Crippen molar-refractivity contribution in [2.45, 2.75) is 26.3 Å². The Kier molecular flexibility index (Phi) is 4.02. The Morgan fingerprint density at radius 1 is 1.35 bits per heavy atom. The normalized spacial score (nSPS) is 10.8. The molecule has 1 aromatic heterocycles. The lowest BCUT2D eigenvalue weighted by atomic mass is 10.0. The number of benzene rings is 1. The number of para-hydroxylation sites is 1. The summed E-state index contributed by atoms with van der Waals surface area (Å²) in [6, 6.07) is 8.39. The number of aromatic nitrogens is 1. The van der Waals surface area contributed by atoms with Crippen LogP contribution < -0.4 is 5.32 Å². The van der Waals surface area contributed by atoms with Crippen LogP contribution in [-0.2, 0) is 6.54 Å². The summed E-state index contributed by atoms with van der Waals surface area (Å²) in [7, 11) is 0. The summed E-state index contributed by atoms with van der Waals surface area (Å²) in [6.45, 7) is 5.17. The monoisotopic (exact) mass is 266 g/mol. The Morgan fingerprint density at radius 2 is 2.12 bits per heavy atom. The van der Waals surface area contributed by atoms with E-state index in [1.165, 1.54) is 22.6 Å². The van der Waals surface area contributed by atoms with E-state index in [1.54, 1.807) is 0 Å². The maximum absolute atomic E-state index is 5.80. The molecule has 0 unspecified atom stereocenters. The van der Waals surface area contributed by atoms with Crippen molar-refractivity contribution in [1.82, 2.24) is 4.98 Å². The van der Waals surface area contributed by atoms with Gasteiger partial charge in [0.15, 0.2) is 4.47 Å². The van der Waals surface area contributed by atoms with Crippen LogP contribution in [0.1, 0.15) is 30.2 Å². The first-order chi connectivity index (χ1) is 8.16. The van der Waals surface area contributed by atoms with Gasteiger partial charge in [0.2, 0.25) is 0 Å². The summed E-state index contributed by atoms with van der Waals surface area (Å²) in [5, 5.41) is 3.44. The summed E-state index contributed by atoms with van der Waals surface area (Å²) in [5.41, 5.74) is 2.52. The van der Waals surface area contributed by atoms with Gasteiger partial charge in [0, 0.05) is 16.8 Å². The molecule has 0 fully saturated rings. The number of halogens is 1.